The lowest BCUT2D eigenvalue weighted by molar-refractivity contribution is 0.0937. The summed E-state index contributed by atoms with van der Waals surface area (Å²) in [5.41, 5.74) is 5.44. The zero-order chi connectivity index (χ0) is 14.5. The maximum Gasteiger partial charge on any atom is 0.314 e. The first-order chi connectivity index (χ1) is 9.58. The predicted molar refractivity (Wildman–Crippen MR) is 79.3 cm³/mol. The van der Waals surface area contributed by atoms with Gasteiger partial charge >= 0.3 is 6.03 Å². The van der Waals surface area contributed by atoms with Crippen molar-refractivity contribution in [3.8, 4) is 0 Å². The number of aliphatic hydroxyl groups excluding tert-OH is 1. The van der Waals surface area contributed by atoms with E-state index < -0.39 is 0 Å². The highest BCUT2D eigenvalue weighted by molar-refractivity contribution is 5.72. The molecule has 4 N–H and O–H groups in total. The fraction of sp³-hybridized carbons (Fsp3) is 0.933. The van der Waals surface area contributed by atoms with E-state index in [1.54, 1.807) is 4.90 Å². The molecular formula is C15H29N3O2. The summed E-state index contributed by atoms with van der Waals surface area (Å²) in [7, 11) is 0. The Bertz CT molecular complexity index is 320. The normalized spacial score (nSPS) is 29.0. The summed E-state index contributed by atoms with van der Waals surface area (Å²) >= 11 is 0. The topological polar surface area (TPSA) is 78.6 Å². The average molecular weight is 283 g/mol. The van der Waals surface area contributed by atoms with Gasteiger partial charge in [0.2, 0.25) is 0 Å². The van der Waals surface area contributed by atoms with Crippen LogP contribution in [0.5, 0.6) is 0 Å². The minimum absolute atomic E-state index is 0.264. The number of piperidine rings is 1. The number of nitrogens with zero attached hydrogens (tertiary/aromatic N) is 1. The van der Waals surface area contributed by atoms with Crippen LogP contribution in [0.15, 0.2) is 0 Å². The maximum absolute atomic E-state index is 11.5. The molecule has 1 heterocycles. The molecule has 3 unspecified atom stereocenters. The summed E-state index contributed by atoms with van der Waals surface area (Å²) < 4.78 is 0. The molecular weight excluding hydrogens is 254 g/mol. The lowest BCUT2D eigenvalue weighted by Crippen LogP contribution is -2.54. The molecule has 2 rings (SSSR count). The van der Waals surface area contributed by atoms with Crippen molar-refractivity contribution in [3.05, 3.63) is 0 Å². The van der Waals surface area contributed by atoms with Gasteiger partial charge in [-0.2, -0.15) is 0 Å². The summed E-state index contributed by atoms with van der Waals surface area (Å²) in [6.07, 6.45) is 6.33. The van der Waals surface area contributed by atoms with Crippen LogP contribution in [0, 0.1) is 11.8 Å². The first-order valence-electron chi connectivity index (χ1n) is 8.04. The summed E-state index contributed by atoms with van der Waals surface area (Å²) in [6.45, 7) is 4.45. The van der Waals surface area contributed by atoms with Gasteiger partial charge in [0.15, 0.2) is 0 Å². The lowest BCUT2D eigenvalue weighted by Gasteiger charge is -2.39. The monoisotopic (exact) mass is 283 g/mol. The molecule has 2 fully saturated rings. The number of carbonyl (C=O) groups excluding carboxylic acids is 1. The Morgan fingerprint density at radius 2 is 2.15 bits per heavy atom. The minimum atomic E-state index is -0.337. The van der Waals surface area contributed by atoms with Crippen molar-refractivity contribution in [2.75, 3.05) is 19.6 Å². The van der Waals surface area contributed by atoms with Gasteiger partial charge in [-0.25, -0.2) is 4.79 Å². The Morgan fingerprint density at radius 3 is 2.70 bits per heavy atom. The van der Waals surface area contributed by atoms with Crippen LogP contribution in [-0.2, 0) is 0 Å². The van der Waals surface area contributed by atoms with E-state index in [4.69, 9.17) is 5.73 Å². The molecule has 0 aromatic rings. The van der Waals surface area contributed by atoms with E-state index in [1.165, 1.54) is 19.3 Å². The summed E-state index contributed by atoms with van der Waals surface area (Å²) in [6, 6.07) is -0.0120. The van der Waals surface area contributed by atoms with E-state index in [0.717, 1.165) is 31.7 Å². The van der Waals surface area contributed by atoms with E-state index >= 15 is 0 Å². The molecule has 0 bridgehead atoms. The molecule has 1 saturated carbocycles. The van der Waals surface area contributed by atoms with Gasteiger partial charge in [-0.15, -0.1) is 0 Å². The van der Waals surface area contributed by atoms with Crippen LogP contribution < -0.4 is 11.1 Å². The fourth-order valence-corrected chi connectivity index (χ4v) is 3.28. The SMILES string of the molecule is CCC(O)CC1CC(NCC2CCC2)CN(C(N)=O)C1. The average Bonchev–Trinajstić information content (AvgIpc) is 2.36. The highest BCUT2D eigenvalue weighted by Crippen LogP contribution is 2.27. The number of likely N-dealkylation sites (tertiary alicyclic amines) is 1. The molecule has 3 atom stereocenters. The van der Waals surface area contributed by atoms with E-state index in [-0.39, 0.29) is 12.1 Å². The highest BCUT2D eigenvalue weighted by atomic mass is 16.3. The number of primary amides is 1. The van der Waals surface area contributed by atoms with Crippen LogP contribution in [0.2, 0.25) is 0 Å². The summed E-state index contributed by atoms with van der Waals surface area (Å²) in [4.78, 5) is 13.2. The van der Waals surface area contributed by atoms with Gasteiger partial charge in [0.05, 0.1) is 6.10 Å². The number of aliphatic hydroxyl groups is 1. The molecule has 0 radical (unpaired) electrons. The predicted octanol–water partition coefficient (Wildman–Crippen LogP) is 1.31. The van der Waals surface area contributed by atoms with E-state index in [9.17, 15) is 9.90 Å². The fourth-order valence-electron chi connectivity index (χ4n) is 3.28. The molecule has 20 heavy (non-hydrogen) atoms. The van der Waals surface area contributed by atoms with Crippen LogP contribution >= 0.6 is 0 Å². The third-order valence-electron chi connectivity index (χ3n) is 4.85. The number of hydrogen-bond acceptors (Lipinski definition) is 3. The zero-order valence-electron chi connectivity index (χ0n) is 12.6. The Labute approximate surface area is 121 Å². The van der Waals surface area contributed by atoms with Crippen molar-refractivity contribution in [3.63, 3.8) is 0 Å². The Morgan fingerprint density at radius 1 is 1.40 bits per heavy atom. The van der Waals surface area contributed by atoms with Crippen molar-refractivity contribution >= 4 is 6.03 Å². The van der Waals surface area contributed by atoms with Gasteiger partial charge in [0.25, 0.3) is 0 Å². The lowest BCUT2D eigenvalue weighted by atomic mass is 9.84. The number of urea groups is 1. The second kappa shape index (κ2) is 7.27. The van der Waals surface area contributed by atoms with Gasteiger partial charge in [-0.1, -0.05) is 13.3 Å². The van der Waals surface area contributed by atoms with Crippen LogP contribution in [0.25, 0.3) is 0 Å². The second-order valence-electron chi connectivity index (χ2n) is 6.54. The highest BCUT2D eigenvalue weighted by Gasteiger charge is 2.30. The van der Waals surface area contributed by atoms with Crippen LogP contribution in [0.3, 0.4) is 0 Å². The molecule has 0 aromatic heterocycles. The Kier molecular flexibility index (Phi) is 5.66. The number of rotatable bonds is 6. The molecule has 5 heteroatoms. The third-order valence-corrected chi connectivity index (χ3v) is 4.85. The molecule has 0 aromatic carbocycles. The maximum atomic E-state index is 11.5. The minimum Gasteiger partial charge on any atom is -0.393 e. The summed E-state index contributed by atoms with van der Waals surface area (Å²) in [5, 5.41) is 13.4. The molecule has 2 aliphatic rings. The van der Waals surface area contributed by atoms with Crippen molar-refractivity contribution in [2.24, 2.45) is 17.6 Å². The van der Waals surface area contributed by atoms with Gasteiger partial charge in [-0.3, -0.25) is 0 Å². The number of nitrogens with one attached hydrogen (secondary N) is 1. The van der Waals surface area contributed by atoms with Gasteiger partial charge in [-0.05, 0) is 50.5 Å². The Hall–Kier alpha value is -0.810. The van der Waals surface area contributed by atoms with Gasteiger partial charge in [0, 0.05) is 19.1 Å². The van der Waals surface area contributed by atoms with E-state index in [2.05, 4.69) is 5.32 Å². The van der Waals surface area contributed by atoms with E-state index in [1.807, 2.05) is 6.92 Å². The largest absolute Gasteiger partial charge is 0.393 e. The zero-order valence-corrected chi connectivity index (χ0v) is 12.6. The van der Waals surface area contributed by atoms with Crippen molar-refractivity contribution < 1.29 is 9.90 Å². The molecule has 1 aliphatic carbocycles. The second-order valence-corrected chi connectivity index (χ2v) is 6.54. The molecule has 1 aliphatic heterocycles. The smallest absolute Gasteiger partial charge is 0.314 e. The van der Waals surface area contributed by atoms with Crippen LogP contribution in [0.4, 0.5) is 4.79 Å². The molecule has 0 spiro atoms. The van der Waals surface area contributed by atoms with E-state index in [0.29, 0.717) is 25.0 Å². The van der Waals surface area contributed by atoms with Crippen molar-refractivity contribution in [2.45, 2.75) is 57.6 Å². The van der Waals surface area contributed by atoms with Crippen LogP contribution in [0.1, 0.15) is 45.4 Å². The van der Waals surface area contributed by atoms with Crippen LogP contribution in [-0.4, -0.2) is 47.8 Å². The van der Waals surface area contributed by atoms with Crippen molar-refractivity contribution in [1.29, 1.82) is 0 Å². The first-order valence-corrected chi connectivity index (χ1v) is 8.04. The number of nitrogens with two attached hydrogens (primary N) is 1. The van der Waals surface area contributed by atoms with Gasteiger partial charge in [0.1, 0.15) is 0 Å². The number of carbonyl (C=O) groups is 1. The molecule has 116 valence electrons. The Balaban J connectivity index is 1.84. The van der Waals surface area contributed by atoms with Gasteiger partial charge < -0.3 is 21.1 Å². The quantitative estimate of drug-likeness (QED) is 0.687. The first kappa shape index (κ1) is 15.6. The number of hydrogen-bond donors (Lipinski definition) is 3. The summed E-state index contributed by atoms with van der Waals surface area (Å²) in [5.74, 6) is 1.17. The molecule has 2 amide bonds. The third kappa shape index (κ3) is 4.35. The molecule has 5 nitrogen and oxygen atoms in total. The number of amides is 2. The van der Waals surface area contributed by atoms with Crippen molar-refractivity contribution in [1.82, 2.24) is 10.2 Å². The standard InChI is InChI=1S/C15H29N3O2/c1-2-14(19)7-12-6-13(10-18(9-12)15(16)20)17-8-11-4-3-5-11/h11-14,17,19H,2-10H2,1H3,(H2,16,20). The molecule has 1 saturated heterocycles.